The molecule has 0 bridgehead atoms. The highest BCUT2D eigenvalue weighted by molar-refractivity contribution is 5.54. The minimum Gasteiger partial charge on any atom is -0.385 e. The topological polar surface area (TPSA) is 52.3 Å². The second-order valence-electron chi connectivity index (χ2n) is 3.33. The Hall–Kier alpha value is -0.410. The van der Waals surface area contributed by atoms with E-state index in [4.69, 9.17) is 5.73 Å². The van der Waals surface area contributed by atoms with Gasteiger partial charge in [0.2, 0.25) is 0 Å². The molecular weight excluding hydrogens is 166 g/mol. The van der Waals surface area contributed by atoms with Crippen LogP contribution in [0.15, 0.2) is 0 Å². The first-order valence-electron chi connectivity index (χ1n) is 4.96. The van der Waals surface area contributed by atoms with Gasteiger partial charge in [-0.05, 0) is 19.8 Å². The fourth-order valence-electron chi connectivity index (χ4n) is 1.36. The number of methoxy groups -OCH3 is 1. The average Bonchev–Trinajstić information content (AvgIpc) is 2.19. The first kappa shape index (κ1) is 12.6. The van der Waals surface area contributed by atoms with Gasteiger partial charge in [0.05, 0.1) is 0 Å². The van der Waals surface area contributed by atoms with E-state index >= 15 is 0 Å². The molecule has 2 atom stereocenters. The Balaban J connectivity index is 0.000000310. The van der Waals surface area contributed by atoms with Crippen molar-refractivity contribution in [3.05, 3.63) is 0 Å². The number of aldehydes is 1. The number of ether oxygens (including phenoxy) is 1. The first-order valence-corrected chi connectivity index (χ1v) is 4.96. The van der Waals surface area contributed by atoms with Crippen molar-refractivity contribution in [1.82, 2.24) is 0 Å². The summed E-state index contributed by atoms with van der Waals surface area (Å²) in [5.41, 5.74) is 5.66. The molecule has 3 heteroatoms. The van der Waals surface area contributed by atoms with Gasteiger partial charge in [0.15, 0.2) is 0 Å². The van der Waals surface area contributed by atoms with E-state index in [9.17, 15) is 4.79 Å². The molecule has 0 aromatic heterocycles. The molecule has 0 radical (unpaired) electrons. The molecular formula is C10H21NO2. The third kappa shape index (κ3) is 5.77. The predicted molar refractivity (Wildman–Crippen MR) is 53.5 cm³/mol. The Morgan fingerprint density at radius 1 is 1.46 bits per heavy atom. The van der Waals surface area contributed by atoms with Crippen LogP contribution >= 0.6 is 0 Å². The standard InChI is InChI=1S/C7H13NO.C3H8O/c8-7-4-2-1-3-6(7)5-9;1-3-4-2/h5-7H,1-4,8H2;3H2,1-2H3/t6-,7-;/m1./s1. The quantitative estimate of drug-likeness (QED) is 0.664. The van der Waals surface area contributed by atoms with E-state index in [0.717, 1.165) is 25.7 Å². The summed E-state index contributed by atoms with van der Waals surface area (Å²) in [5, 5.41) is 0. The van der Waals surface area contributed by atoms with Crippen molar-refractivity contribution in [2.45, 2.75) is 38.6 Å². The second kappa shape index (κ2) is 8.20. The molecule has 1 rings (SSSR count). The van der Waals surface area contributed by atoms with E-state index in [1.54, 1.807) is 7.11 Å². The van der Waals surface area contributed by atoms with Crippen molar-refractivity contribution >= 4 is 6.29 Å². The summed E-state index contributed by atoms with van der Waals surface area (Å²) in [5.74, 6) is 0.152. The maximum absolute atomic E-state index is 10.3. The summed E-state index contributed by atoms with van der Waals surface area (Å²) in [6.45, 7) is 2.78. The predicted octanol–water partition coefficient (Wildman–Crippen LogP) is 1.36. The molecule has 1 aliphatic rings. The van der Waals surface area contributed by atoms with Gasteiger partial charge in [-0.15, -0.1) is 0 Å². The van der Waals surface area contributed by atoms with E-state index in [0.29, 0.717) is 0 Å². The number of carbonyl (C=O) groups excluding carboxylic acids is 1. The number of nitrogens with two attached hydrogens (primary N) is 1. The molecule has 78 valence electrons. The zero-order chi connectivity index (χ0) is 10.1. The molecule has 1 saturated carbocycles. The summed E-state index contributed by atoms with van der Waals surface area (Å²) in [6.07, 6.45) is 5.42. The molecule has 3 nitrogen and oxygen atoms in total. The van der Waals surface area contributed by atoms with E-state index in [1.807, 2.05) is 6.92 Å². The molecule has 1 fully saturated rings. The highest BCUT2D eigenvalue weighted by Gasteiger charge is 2.20. The first-order chi connectivity index (χ1) is 6.26. The minimum absolute atomic E-state index is 0.149. The molecule has 13 heavy (non-hydrogen) atoms. The molecule has 0 saturated heterocycles. The van der Waals surface area contributed by atoms with Crippen LogP contribution in [0.25, 0.3) is 0 Å². The van der Waals surface area contributed by atoms with Crippen LogP contribution in [0.1, 0.15) is 32.6 Å². The fraction of sp³-hybridized carbons (Fsp3) is 0.900. The summed E-state index contributed by atoms with van der Waals surface area (Å²) >= 11 is 0. The van der Waals surface area contributed by atoms with E-state index in [1.165, 1.54) is 12.8 Å². The lowest BCUT2D eigenvalue weighted by atomic mass is 9.86. The number of rotatable bonds is 2. The van der Waals surface area contributed by atoms with Crippen LogP contribution < -0.4 is 5.73 Å². The third-order valence-electron chi connectivity index (χ3n) is 2.34. The highest BCUT2D eigenvalue weighted by Crippen LogP contribution is 2.20. The SMILES string of the molecule is CCOC.N[C@@H]1CCCC[C@@H]1C=O. The van der Waals surface area contributed by atoms with Gasteiger partial charge in [-0.2, -0.15) is 0 Å². The van der Waals surface area contributed by atoms with Gasteiger partial charge in [-0.3, -0.25) is 0 Å². The van der Waals surface area contributed by atoms with Crippen LogP contribution in [0.5, 0.6) is 0 Å². The largest absolute Gasteiger partial charge is 0.385 e. The van der Waals surface area contributed by atoms with Crippen molar-refractivity contribution < 1.29 is 9.53 Å². The lowest BCUT2D eigenvalue weighted by molar-refractivity contribution is -0.112. The van der Waals surface area contributed by atoms with Crippen molar-refractivity contribution in [3.8, 4) is 0 Å². The molecule has 0 spiro atoms. The smallest absolute Gasteiger partial charge is 0.124 e. The maximum atomic E-state index is 10.3. The Bertz CT molecular complexity index is 126. The molecule has 0 unspecified atom stereocenters. The van der Waals surface area contributed by atoms with Gasteiger partial charge in [0.25, 0.3) is 0 Å². The van der Waals surface area contributed by atoms with Crippen LogP contribution in [-0.4, -0.2) is 26.0 Å². The summed E-state index contributed by atoms with van der Waals surface area (Å²) in [4.78, 5) is 10.3. The normalized spacial score (nSPS) is 27.3. The van der Waals surface area contributed by atoms with E-state index in [-0.39, 0.29) is 12.0 Å². The Morgan fingerprint density at radius 3 is 2.31 bits per heavy atom. The van der Waals surface area contributed by atoms with Crippen molar-refractivity contribution in [1.29, 1.82) is 0 Å². The van der Waals surface area contributed by atoms with Crippen LogP contribution in [0, 0.1) is 5.92 Å². The summed E-state index contributed by atoms with van der Waals surface area (Å²) < 4.78 is 4.54. The second-order valence-corrected chi connectivity index (χ2v) is 3.33. The van der Waals surface area contributed by atoms with E-state index in [2.05, 4.69) is 4.74 Å². The molecule has 0 aromatic rings. The molecule has 0 heterocycles. The van der Waals surface area contributed by atoms with E-state index < -0.39 is 0 Å². The van der Waals surface area contributed by atoms with Crippen molar-refractivity contribution in [2.75, 3.05) is 13.7 Å². The summed E-state index contributed by atoms with van der Waals surface area (Å²) in [6, 6.07) is 0.149. The maximum Gasteiger partial charge on any atom is 0.124 e. The Morgan fingerprint density at radius 2 is 2.00 bits per heavy atom. The highest BCUT2D eigenvalue weighted by atomic mass is 16.5. The molecule has 0 amide bonds. The molecule has 0 aliphatic heterocycles. The Kier molecular flexibility index (Phi) is 7.94. The number of hydrogen-bond donors (Lipinski definition) is 1. The van der Waals surface area contributed by atoms with Gasteiger partial charge in [0, 0.05) is 25.7 Å². The van der Waals surface area contributed by atoms with Crippen LogP contribution in [0.2, 0.25) is 0 Å². The van der Waals surface area contributed by atoms with Gasteiger partial charge in [-0.1, -0.05) is 12.8 Å². The monoisotopic (exact) mass is 187 g/mol. The molecule has 0 aromatic carbocycles. The number of hydrogen-bond acceptors (Lipinski definition) is 3. The van der Waals surface area contributed by atoms with Gasteiger partial charge in [-0.25, -0.2) is 0 Å². The van der Waals surface area contributed by atoms with Crippen LogP contribution in [0.4, 0.5) is 0 Å². The minimum atomic E-state index is 0.149. The third-order valence-corrected chi connectivity index (χ3v) is 2.34. The lowest BCUT2D eigenvalue weighted by Crippen LogP contribution is -2.33. The lowest BCUT2D eigenvalue weighted by Gasteiger charge is -2.23. The molecule has 1 aliphatic carbocycles. The zero-order valence-electron chi connectivity index (χ0n) is 8.66. The zero-order valence-corrected chi connectivity index (χ0v) is 8.66. The summed E-state index contributed by atoms with van der Waals surface area (Å²) in [7, 11) is 1.68. The van der Waals surface area contributed by atoms with Crippen molar-refractivity contribution in [2.24, 2.45) is 11.7 Å². The average molecular weight is 187 g/mol. The van der Waals surface area contributed by atoms with Crippen LogP contribution in [-0.2, 0) is 9.53 Å². The van der Waals surface area contributed by atoms with Gasteiger partial charge >= 0.3 is 0 Å². The van der Waals surface area contributed by atoms with Crippen LogP contribution in [0.3, 0.4) is 0 Å². The molecule has 2 N–H and O–H groups in total. The fourth-order valence-corrected chi connectivity index (χ4v) is 1.36. The van der Waals surface area contributed by atoms with Gasteiger partial charge < -0.3 is 15.3 Å². The Labute approximate surface area is 80.6 Å². The van der Waals surface area contributed by atoms with Crippen molar-refractivity contribution in [3.63, 3.8) is 0 Å². The van der Waals surface area contributed by atoms with Gasteiger partial charge in [0.1, 0.15) is 6.29 Å². The number of carbonyl (C=O) groups is 1.